The first-order valence-corrected chi connectivity index (χ1v) is 6.37. The van der Waals surface area contributed by atoms with Crippen LogP contribution in [-0.2, 0) is 9.47 Å². The van der Waals surface area contributed by atoms with E-state index in [1.54, 1.807) is 38.1 Å². The monoisotopic (exact) mass is 284 g/mol. The molecule has 20 heavy (non-hydrogen) atoms. The van der Waals surface area contributed by atoms with Gasteiger partial charge in [-0.15, -0.1) is 0 Å². The van der Waals surface area contributed by atoms with Gasteiger partial charge in [0, 0.05) is 0 Å². The molecule has 0 radical (unpaired) electrons. The Kier molecular flexibility index (Phi) is 3.95. The van der Waals surface area contributed by atoms with Crippen LogP contribution in [0.4, 0.5) is 8.78 Å². The number of benzene rings is 1. The molecular formula is C15H18F2O3. The maximum Gasteiger partial charge on any atom is 0.294 e. The van der Waals surface area contributed by atoms with E-state index in [-0.39, 0.29) is 0 Å². The number of aliphatic hydroxyl groups excluding tert-OH is 1. The summed E-state index contributed by atoms with van der Waals surface area (Å²) in [6, 6.07) is 8.87. The molecule has 0 bridgehead atoms. The number of rotatable bonds is 4. The molecule has 0 aliphatic carbocycles. The van der Waals surface area contributed by atoms with Crippen molar-refractivity contribution in [3.8, 4) is 0 Å². The summed E-state index contributed by atoms with van der Waals surface area (Å²) in [6.45, 7) is 6.31. The van der Waals surface area contributed by atoms with E-state index in [0.29, 0.717) is 11.6 Å². The second-order valence-corrected chi connectivity index (χ2v) is 5.25. The number of hydrogen-bond acceptors (Lipinski definition) is 3. The Bertz CT molecular complexity index is 473. The van der Waals surface area contributed by atoms with E-state index < -0.39 is 30.0 Å². The molecule has 1 aromatic rings. The standard InChI is InChI=1S/C15H18F2O3/c1-4-15(16,17)13(18)12-11(19-14(2,3)20-12)10-8-6-5-7-9-10/h4-9,11-13,18H,1H2,2-3H3/t11-,12+,13+/m1/s1. The van der Waals surface area contributed by atoms with Gasteiger partial charge < -0.3 is 14.6 Å². The number of halogens is 2. The third kappa shape index (κ3) is 2.90. The molecule has 0 amide bonds. The lowest BCUT2D eigenvalue weighted by atomic mass is 9.97. The van der Waals surface area contributed by atoms with Crippen LogP contribution in [-0.4, -0.2) is 29.0 Å². The minimum Gasteiger partial charge on any atom is -0.384 e. The van der Waals surface area contributed by atoms with Crippen LogP contribution in [0.2, 0.25) is 0 Å². The topological polar surface area (TPSA) is 38.7 Å². The zero-order valence-electron chi connectivity index (χ0n) is 11.4. The molecule has 1 saturated heterocycles. The summed E-state index contributed by atoms with van der Waals surface area (Å²) < 4.78 is 38.4. The van der Waals surface area contributed by atoms with Gasteiger partial charge in [0.25, 0.3) is 5.92 Å². The highest BCUT2D eigenvalue weighted by atomic mass is 19.3. The van der Waals surface area contributed by atoms with Crippen molar-refractivity contribution in [2.45, 2.75) is 43.9 Å². The first-order valence-electron chi connectivity index (χ1n) is 6.37. The summed E-state index contributed by atoms with van der Waals surface area (Å²) in [5.74, 6) is -4.48. The van der Waals surface area contributed by atoms with Gasteiger partial charge in [0.2, 0.25) is 0 Å². The van der Waals surface area contributed by atoms with Gasteiger partial charge in [0.05, 0.1) is 0 Å². The fourth-order valence-electron chi connectivity index (χ4n) is 2.26. The fraction of sp³-hybridized carbons (Fsp3) is 0.467. The molecule has 3 nitrogen and oxygen atoms in total. The van der Waals surface area contributed by atoms with Gasteiger partial charge in [-0.2, -0.15) is 8.78 Å². The van der Waals surface area contributed by atoms with Gasteiger partial charge in [-0.3, -0.25) is 0 Å². The first-order chi connectivity index (χ1) is 9.27. The largest absolute Gasteiger partial charge is 0.384 e. The molecule has 1 aliphatic rings. The van der Waals surface area contributed by atoms with Crippen LogP contribution in [0.3, 0.4) is 0 Å². The second-order valence-electron chi connectivity index (χ2n) is 5.25. The molecule has 2 rings (SSSR count). The summed E-state index contributed by atoms with van der Waals surface area (Å²) in [5, 5.41) is 9.91. The van der Waals surface area contributed by atoms with Crippen molar-refractivity contribution in [3.63, 3.8) is 0 Å². The predicted molar refractivity (Wildman–Crippen MR) is 70.4 cm³/mol. The van der Waals surface area contributed by atoms with Gasteiger partial charge in [0.15, 0.2) is 11.9 Å². The highest BCUT2D eigenvalue weighted by Crippen LogP contribution is 2.42. The molecule has 1 N–H and O–H groups in total. The van der Waals surface area contributed by atoms with E-state index in [9.17, 15) is 13.9 Å². The van der Waals surface area contributed by atoms with Gasteiger partial charge in [-0.05, 0) is 25.5 Å². The minimum absolute atomic E-state index is 0.425. The zero-order valence-corrected chi connectivity index (χ0v) is 11.4. The van der Waals surface area contributed by atoms with Crippen molar-refractivity contribution in [3.05, 3.63) is 48.6 Å². The van der Waals surface area contributed by atoms with Gasteiger partial charge >= 0.3 is 0 Å². The van der Waals surface area contributed by atoms with Crippen LogP contribution in [0.15, 0.2) is 43.0 Å². The molecular weight excluding hydrogens is 266 g/mol. The summed E-state index contributed by atoms with van der Waals surface area (Å²) >= 11 is 0. The van der Waals surface area contributed by atoms with E-state index in [4.69, 9.17) is 9.47 Å². The minimum atomic E-state index is -3.44. The van der Waals surface area contributed by atoms with E-state index in [1.165, 1.54) is 0 Å². The van der Waals surface area contributed by atoms with Crippen LogP contribution in [0.5, 0.6) is 0 Å². The average Bonchev–Trinajstić information content (AvgIpc) is 2.75. The summed E-state index contributed by atoms with van der Waals surface area (Å²) in [5.41, 5.74) is 0.682. The smallest absolute Gasteiger partial charge is 0.294 e. The zero-order chi connectivity index (χ0) is 15.0. The van der Waals surface area contributed by atoms with Crippen molar-refractivity contribution in [1.29, 1.82) is 0 Å². The van der Waals surface area contributed by atoms with Crippen LogP contribution < -0.4 is 0 Å². The predicted octanol–water partition coefficient (Wildman–Crippen LogP) is 3.06. The Morgan fingerprint density at radius 3 is 2.45 bits per heavy atom. The number of aliphatic hydroxyl groups is 1. The van der Waals surface area contributed by atoms with Gasteiger partial charge in [-0.25, -0.2) is 0 Å². The lowest BCUT2D eigenvalue weighted by Gasteiger charge is -2.27. The maximum absolute atomic E-state index is 13.6. The molecule has 1 aromatic carbocycles. The van der Waals surface area contributed by atoms with Crippen molar-refractivity contribution in [2.75, 3.05) is 0 Å². The Morgan fingerprint density at radius 2 is 1.90 bits per heavy atom. The molecule has 0 unspecified atom stereocenters. The fourth-order valence-corrected chi connectivity index (χ4v) is 2.26. The molecule has 110 valence electrons. The SMILES string of the molecule is C=CC(F)(F)[C@@H](O)[C@H]1OC(C)(C)O[C@@H]1c1ccccc1. The van der Waals surface area contributed by atoms with Crippen LogP contribution >= 0.6 is 0 Å². The Balaban J connectivity index is 2.32. The van der Waals surface area contributed by atoms with Crippen LogP contribution in [0, 0.1) is 0 Å². The second kappa shape index (κ2) is 5.24. The maximum atomic E-state index is 13.6. The summed E-state index contributed by atoms with van der Waals surface area (Å²) in [6.07, 6.45) is -3.52. The first kappa shape index (κ1) is 15.1. The third-order valence-corrected chi connectivity index (χ3v) is 3.23. The molecule has 1 aliphatic heterocycles. The lowest BCUT2D eigenvalue weighted by molar-refractivity contribution is -0.176. The Morgan fingerprint density at radius 1 is 1.30 bits per heavy atom. The molecule has 3 atom stereocenters. The molecule has 0 aromatic heterocycles. The van der Waals surface area contributed by atoms with Crippen molar-refractivity contribution < 1.29 is 23.4 Å². The molecule has 0 spiro atoms. The summed E-state index contributed by atoms with van der Waals surface area (Å²) in [4.78, 5) is 0. The van der Waals surface area contributed by atoms with Crippen molar-refractivity contribution in [2.24, 2.45) is 0 Å². The highest BCUT2D eigenvalue weighted by molar-refractivity contribution is 5.21. The molecule has 1 heterocycles. The number of alkyl halides is 2. The third-order valence-electron chi connectivity index (χ3n) is 3.23. The van der Waals surface area contributed by atoms with E-state index in [2.05, 4.69) is 6.58 Å². The van der Waals surface area contributed by atoms with Crippen LogP contribution in [0.25, 0.3) is 0 Å². The van der Waals surface area contributed by atoms with Gasteiger partial charge in [-0.1, -0.05) is 36.9 Å². The molecule has 1 fully saturated rings. The van der Waals surface area contributed by atoms with Crippen molar-refractivity contribution >= 4 is 0 Å². The van der Waals surface area contributed by atoms with Crippen LogP contribution in [0.1, 0.15) is 25.5 Å². The Hall–Kier alpha value is -1.30. The number of hydrogen-bond donors (Lipinski definition) is 1. The summed E-state index contributed by atoms with van der Waals surface area (Å²) in [7, 11) is 0. The molecule has 0 saturated carbocycles. The molecule has 5 heteroatoms. The van der Waals surface area contributed by atoms with E-state index >= 15 is 0 Å². The average molecular weight is 284 g/mol. The Labute approximate surface area is 116 Å². The quantitative estimate of drug-likeness (QED) is 0.864. The van der Waals surface area contributed by atoms with E-state index in [1.807, 2.05) is 6.07 Å². The van der Waals surface area contributed by atoms with Crippen molar-refractivity contribution in [1.82, 2.24) is 0 Å². The lowest BCUT2D eigenvalue weighted by Crippen LogP contribution is -2.44. The number of ether oxygens (including phenoxy) is 2. The highest BCUT2D eigenvalue weighted by Gasteiger charge is 2.52. The van der Waals surface area contributed by atoms with E-state index in [0.717, 1.165) is 0 Å². The normalized spacial score (nSPS) is 27.2. The van der Waals surface area contributed by atoms with Gasteiger partial charge in [0.1, 0.15) is 12.2 Å².